The largest absolute Gasteiger partial charge is 0.380 e. The zero-order valence-electron chi connectivity index (χ0n) is 12.9. The zero-order valence-corrected chi connectivity index (χ0v) is 13.7. The number of hydrogen-bond acceptors (Lipinski definition) is 3. The van der Waals surface area contributed by atoms with Crippen LogP contribution in [0.5, 0.6) is 0 Å². The van der Waals surface area contributed by atoms with Gasteiger partial charge in [0, 0.05) is 42.3 Å². The molecule has 0 atom stereocenters. The summed E-state index contributed by atoms with van der Waals surface area (Å²) >= 11 is 1.78. The number of nitrogens with zero attached hydrogens (tertiary/aromatic N) is 1. The normalized spacial score (nSPS) is 10.5. The van der Waals surface area contributed by atoms with E-state index in [1.807, 2.05) is 6.07 Å². The Kier molecular flexibility index (Phi) is 4.45. The fourth-order valence-electron chi connectivity index (χ4n) is 2.30. The van der Waals surface area contributed by atoms with Crippen molar-refractivity contribution in [1.82, 2.24) is 0 Å². The summed E-state index contributed by atoms with van der Waals surface area (Å²) in [5.74, 6) is 0. The van der Waals surface area contributed by atoms with Gasteiger partial charge in [0.2, 0.25) is 0 Å². The maximum absolute atomic E-state index is 3.48. The molecule has 3 aromatic rings. The standard InChI is InChI=1S/C19H20N2S/c1-21(2)18-10-8-16(9-11-18)19-12-17(14-22-19)20-13-15-6-4-3-5-7-15/h3-12,14,20H,13H2,1-2H3. The summed E-state index contributed by atoms with van der Waals surface area (Å²) in [4.78, 5) is 3.41. The molecule has 0 aliphatic rings. The molecule has 0 saturated heterocycles. The Morgan fingerprint density at radius 3 is 2.36 bits per heavy atom. The number of anilines is 2. The average Bonchev–Trinajstić information content (AvgIpc) is 3.03. The third-order valence-electron chi connectivity index (χ3n) is 3.61. The predicted molar refractivity (Wildman–Crippen MR) is 97.9 cm³/mol. The topological polar surface area (TPSA) is 15.3 Å². The van der Waals surface area contributed by atoms with Gasteiger partial charge in [0.25, 0.3) is 0 Å². The molecule has 1 N–H and O–H groups in total. The summed E-state index contributed by atoms with van der Waals surface area (Å²) in [7, 11) is 4.12. The van der Waals surface area contributed by atoms with Crippen LogP contribution in [-0.4, -0.2) is 14.1 Å². The molecule has 0 amide bonds. The third kappa shape index (κ3) is 3.49. The Morgan fingerprint density at radius 2 is 1.68 bits per heavy atom. The lowest BCUT2D eigenvalue weighted by atomic mass is 10.1. The minimum atomic E-state index is 0.858. The van der Waals surface area contributed by atoms with E-state index < -0.39 is 0 Å². The highest BCUT2D eigenvalue weighted by Gasteiger charge is 2.03. The Morgan fingerprint density at radius 1 is 0.955 bits per heavy atom. The van der Waals surface area contributed by atoms with Crippen LogP contribution in [-0.2, 0) is 6.54 Å². The van der Waals surface area contributed by atoms with Crippen LogP contribution in [0.4, 0.5) is 11.4 Å². The molecule has 0 saturated carbocycles. The van der Waals surface area contributed by atoms with Crippen molar-refractivity contribution in [2.75, 3.05) is 24.3 Å². The number of benzene rings is 2. The van der Waals surface area contributed by atoms with Gasteiger partial charge in [0.15, 0.2) is 0 Å². The van der Waals surface area contributed by atoms with Gasteiger partial charge in [-0.3, -0.25) is 0 Å². The van der Waals surface area contributed by atoms with Crippen molar-refractivity contribution in [3.63, 3.8) is 0 Å². The Balaban J connectivity index is 1.68. The first-order valence-corrected chi connectivity index (χ1v) is 8.24. The molecule has 1 heterocycles. The minimum Gasteiger partial charge on any atom is -0.380 e. The van der Waals surface area contributed by atoms with Crippen molar-refractivity contribution in [3.05, 3.63) is 71.6 Å². The highest BCUT2D eigenvalue weighted by atomic mass is 32.1. The first-order valence-electron chi connectivity index (χ1n) is 7.36. The molecule has 0 unspecified atom stereocenters. The number of nitrogens with one attached hydrogen (secondary N) is 1. The maximum Gasteiger partial charge on any atom is 0.0458 e. The van der Waals surface area contributed by atoms with E-state index in [0.29, 0.717) is 0 Å². The monoisotopic (exact) mass is 308 g/mol. The molecule has 0 fully saturated rings. The lowest BCUT2D eigenvalue weighted by Gasteiger charge is -2.12. The van der Waals surface area contributed by atoms with Crippen LogP contribution in [0, 0.1) is 0 Å². The molecule has 0 bridgehead atoms. The first kappa shape index (κ1) is 14.7. The van der Waals surface area contributed by atoms with Gasteiger partial charge in [-0.1, -0.05) is 42.5 Å². The van der Waals surface area contributed by atoms with Crippen LogP contribution >= 0.6 is 11.3 Å². The molecule has 3 heteroatoms. The molecule has 0 spiro atoms. The highest BCUT2D eigenvalue weighted by Crippen LogP contribution is 2.31. The lowest BCUT2D eigenvalue weighted by Crippen LogP contribution is -2.07. The van der Waals surface area contributed by atoms with Crippen molar-refractivity contribution in [2.24, 2.45) is 0 Å². The van der Waals surface area contributed by atoms with Gasteiger partial charge in [-0.2, -0.15) is 0 Å². The zero-order chi connectivity index (χ0) is 15.4. The van der Waals surface area contributed by atoms with Crippen molar-refractivity contribution < 1.29 is 0 Å². The molecule has 2 aromatic carbocycles. The molecule has 112 valence electrons. The van der Waals surface area contributed by atoms with E-state index in [2.05, 4.69) is 84.3 Å². The predicted octanol–water partition coefficient (Wildman–Crippen LogP) is 5.09. The van der Waals surface area contributed by atoms with Crippen molar-refractivity contribution in [3.8, 4) is 10.4 Å². The SMILES string of the molecule is CN(C)c1ccc(-c2cc(NCc3ccccc3)cs2)cc1. The van der Waals surface area contributed by atoms with E-state index in [0.717, 1.165) is 6.54 Å². The van der Waals surface area contributed by atoms with Gasteiger partial charge in [-0.05, 0) is 29.3 Å². The van der Waals surface area contributed by atoms with Gasteiger partial charge >= 0.3 is 0 Å². The summed E-state index contributed by atoms with van der Waals surface area (Å²) in [6.07, 6.45) is 0. The third-order valence-corrected chi connectivity index (χ3v) is 4.59. The smallest absolute Gasteiger partial charge is 0.0458 e. The van der Waals surface area contributed by atoms with Gasteiger partial charge < -0.3 is 10.2 Å². The highest BCUT2D eigenvalue weighted by molar-refractivity contribution is 7.14. The fraction of sp³-hybridized carbons (Fsp3) is 0.158. The molecule has 0 aliphatic heterocycles. The lowest BCUT2D eigenvalue weighted by molar-refractivity contribution is 1.13. The summed E-state index contributed by atoms with van der Waals surface area (Å²) in [5, 5.41) is 5.66. The van der Waals surface area contributed by atoms with Crippen LogP contribution in [0.15, 0.2) is 66.0 Å². The van der Waals surface area contributed by atoms with E-state index in [-0.39, 0.29) is 0 Å². The Bertz CT molecular complexity index is 715. The Labute approximate surface area is 136 Å². The number of hydrogen-bond donors (Lipinski definition) is 1. The van der Waals surface area contributed by atoms with E-state index in [1.54, 1.807) is 11.3 Å². The first-order chi connectivity index (χ1) is 10.7. The van der Waals surface area contributed by atoms with E-state index in [1.165, 1.54) is 27.4 Å². The second-order valence-corrected chi connectivity index (χ2v) is 6.39. The van der Waals surface area contributed by atoms with Crippen LogP contribution in [0.25, 0.3) is 10.4 Å². The van der Waals surface area contributed by atoms with Gasteiger partial charge in [-0.15, -0.1) is 11.3 Å². The van der Waals surface area contributed by atoms with Crippen LogP contribution in [0.3, 0.4) is 0 Å². The summed E-state index contributed by atoms with van der Waals surface area (Å²) < 4.78 is 0. The number of thiophene rings is 1. The molecule has 22 heavy (non-hydrogen) atoms. The van der Waals surface area contributed by atoms with Crippen molar-refractivity contribution in [2.45, 2.75) is 6.54 Å². The molecule has 1 aromatic heterocycles. The van der Waals surface area contributed by atoms with Crippen LogP contribution in [0.1, 0.15) is 5.56 Å². The quantitative estimate of drug-likeness (QED) is 0.706. The summed E-state index contributed by atoms with van der Waals surface area (Å²) in [5.41, 5.74) is 4.97. The van der Waals surface area contributed by atoms with Gasteiger partial charge in [0.1, 0.15) is 0 Å². The molecular formula is C19H20N2S. The minimum absolute atomic E-state index is 0.858. The average molecular weight is 308 g/mol. The van der Waals surface area contributed by atoms with Crippen molar-refractivity contribution >= 4 is 22.7 Å². The Hall–Kier alpha value is -2.26. The van der Waals surface area contributed by atoms with Gasteiger partial charge in [-0.25, -0.2) is 0 Å². The molecule has 2 nitrogen and oxygen atoms in total. The van der Waals surface area contributed by atoms with Crippen LogP contribution < -0.4 is 10.2 Å². The van der Waals surface area contributed by atoms with Gasteiger partial charge in [0.05, 0.1) is 0 Å². The fourth-order valence-corrected chi connectivity index (χ4v) is 3.18. The van der Waals surface area contributed by atoms with E-state index in [4.69, 9.17) is 0 Å². The molecule has 3 rings (SSSR count). The second kappa shape index (κ2) is 6.67. The number of rotatable bonds is 5. The second-order valence-electron chi connectivity index (χ2n) is 5.48. The molecule has 0 radical (unpaired) electrons. The summed E-state index contributed by atoms with van der Waals surface area (Å²) in [6, 6.07) is 21.4. The molecular weight excluding hydrogens is 288 g/mol. The maximum atomic E-state index is 3.48. The van der Waals surface area contributed by atoms with E-state index >= 15 is 0 Å². The summed E-state index contributed by atoms with van der Waals surface area (Å²) in [6.45, 7) is 0.858. The van der Waals surface area contributed by atoms with Crippen molar-refractivity contribution in [1.29, 1.82) is 0 Å². The van der Waals surface area contributed by atoms with Crippen LogP contribution in [0.2, 0.25) is 0 Å². The van der Waals surface area contributed by atoms with E-state index in [9.17, 15) is 0 Å². The molecule has 0 aliphatic carbocycles.